The van der Waals surface area contributed by atoms with Gasteiger partial charge in [0.2, 0.25) is 0 Å². The molecule has 1 nitrogen and oxygen atoms in total. The third-order valence-corrected chi connectivity index (χ3v) is 10.4. The SMILES string of the molecule is CC(C)C/C=C\[C@@H](C)[C@H]1CC[C@H]2[C@@H]3CC[C@H]4C[C@@H](O)CC[C@]4(C)[C@H]3CC[C@]12C. The van der Waals surface area contributed by atoms with Crippen LogP contribution in [0.25, 0.3) is 0 Å². The first kappa shape index (κ1) is 21.0. The smallest absolute Gasteiger partial charge is 0.0543 e. The van der Waals surface area contributed by atoms with Gasteiger partial charge < -0.3 is 5.11 Å². The zero-order chi connectivity index (χ0) is 20.1. The summed E-state index contributed by atoms with van der Waals surface area (Å²) in [7, 11) is 0. The molecule has 0 radical (unpaired) electrons. The molecule has 4 saturated carbocycles. The number of aliphatic hydroxyl groups is 1. The summed E-state index contributed by atoms with van der Waals surface area (Å²) in [5.41, 5.74) is 1.09. The van der Waals surface area contributed by atoms with Crippen molar-refractivity contribution in [1.29, 1.82) is 0 Å². The number of hydrogen-bond acceptors (Lipinski definition) is 1. The van der Waals surface area contributed by atoms with E-state index in [-0.39, 0.29) is 6.10 Å². The summed E-state index contributed by atoms with van der Waals surface area (Å²) >= 11 is 0. The average molecular weight is 387 g/mol. The molecule has 0 unspecified atom stereocenters. The topological polar surface area (TPSA) is 20.2 Å². The van der Waals surface area contributed by atoms with Crippen LogP contribution < -0.4 is 0 Å². The van der Waals surface area contributed by atoms with Crippen LogP contribution in [0.1, 0.15) is 98.8 Å². The molecule has 0 aromatic heterocycles. The van der Waals surface area contributed by atoms with Crippen molar-refractivity contribution in [3.8, 4) is 0 Å². The lowest BCUT2D eigenvalue weighted by molar-refractivity contribution is -0.128. The Balaban J connectivity index is 1.50. The lowest BCUT2D eigenvalue weighted by Gasteiger charge is -2.61. The van der Waals surface area contributed by atoms with Gasteiger partial charge in [0, 0.05) is 0 Å². The summed E-state index contributed by atoms with van der Waals surface area (Å²) in [6, 6.07) is 0. The Labute approximate surface area is 174 Å². The molecule has 0 spiro atoms. The standard InChI is InChI=1S/C27H46O/c1-18(2)7-6-8-19(3)23-11-12-24-22-10-9-20-17-21(28)13-15-26(20,4)25(22)14-16-27(23,24)5/h6,8,18-25,28H,7,9-17H2,1-5H3/b8-6-/t19-,20+,21+,22+,23-,24+,25+,26+,27-/m1/s1. The minimum absolute atomic E-state index is 0.0159. The van der Waals surface area contributed by atoms with Crippen molar-refractivity contribution >= 4 is 0 Å². The van der Waals surface area contributed by atoms with E-state index in [0.29, 0.717) is 10.8 Å². The number of rotatable bonds is 4. The van der Waals surface area contributed by atoms with E-state index < -0.39 is 0 Å². The maximum atomic E-state index is 10.2. The molecule has 4 aliphatic rings. The summed E-state index contributed by atoms with van der Waals surface area (Å²) in [5, 5.41) is 10.2. The van der Waals surface area contributed by atoms with Gasteiger partial charge in [-0.3, -0.25) is 0 Å². The van der Waals surface area contributed by atoms with Crippen LogP contribution in [0.4, 0.5) is 0 Å². The van der Waals surface area contributed by atoms with Crippen molar-refractivity contribution in [2.75, 3.05) is 0 Å². The quantitative estimate of drug-likeness (QED) is 0.505. The van der Waals surface area contributed by atoms with E-state index in [2.05, 4.69) is 46.8 Å². The zero-order valence-corrected chi connectivity index (χ0v) is 19.3. The molecule has 160 valence electrons. The number of aliphatic hydroxyl groups excluding tert-OH is 1. The van der Waals surface area contributed by atoms with Crippen LogP contribution in [-0.4, -0.2) is 11.2 Å². The van der Waals surface area contributed by atoms with Gasteiger partial charge in [-0.05, 0) is 116 Å². The highest BCUT2D eigenvalue weighted by atomic mass is 16.3. The number of hydrogen-bond donors (Lipinski definition) is 1. The molecule has 28 heavy (non-hydrogen) atoms. The molecule has 4 aliphatic carbocycles. The highest BCUT2D eigenvalue weighted by Gasteiger charge is 2.60. The second-order valence-electron chi connectivity index (χ2n) is 12.2. The van der Waals surface area contributed by atoms with E-state index in [4.69, 9.17) is 0 Å². The second kappa shape index (κ2) is 7.75. The fraction of sp³-hybridized carbons (Fsp3) is 0.926. The van der Waals surface area contributed by atoms with Crippen molar-refractivity contribution in [3.63, 3.8) is 0 Å². The predicted octanol–water partition coefficient (Wildman–Crippen LogP) is 7.24. The molecule has 1 N–H and O–H groups in total. The van der Waals surface area contributed by atoms with E-state index in [9.17, 15) is 5.11 Å². The van der Waals surface area contributed by atoms with Gasteiger partial charge in [0.05, 0.1) is 6.10 Å². The summed E-state index contributed by atoms with van der Waals surface area (Å²) < 4.78 is 0. The van der Waals surface area contributed by atoms with E-state index in [1.54, 1.807) is 0 Å². The number of fused-ring (bicyclic) bond motifs is 5. The van der Waals surface area contributed by atoms with Crippen molar-refractivity contribution in [3.05, 3.63) is 12.2 Å². The van der Waals surface area contributed by atoms with Gasteiger partial charge in [-0.25, -0.2) is 0 Å². The van der Waals surface area contributed by atoms with Crippen molar-refractivity contribution in [2.45, 2.75) is 105 Å². The Hall–Kier alpha value is -0.300. The summed E-state index contributed by atoms with van der Waals surface area (Å²) in [6.07, 6.45) is 18.3. The van der Waals surface area contributed by atoms with Crippen LogP contribution in [0.3, 0.4) is 0 Å². The van der Waals surface area contributed by atoms with Gasteiger partial charge in [-0.1, -0.05) is 46.8 Å². The van der Waals surface area contributed by atoms with Crippen LogP contribution in [0, 0.1) is 52.3 Å². The molecule has 4 rings (SSSR count). The van der Waals surface area contributed by atoms with Crippen molar-refractivity contribution in [1.82, 2.24) is 0 Å². The normalized spacial score (nSPS) is 49.7. The van der Waals surface area contributed by atoms with Gasteiger partial charge in [0.15, 0.2) is 0 Å². The fourth-order valence-corrected chi connectivity index (χ4v) is 8.84. The van der Waals surface area contributed by atoms with E-state index in [1.165, 1.54) is 51.4 Å². The Morgan fingerprint density at radius 1 is 0.893 bits per heavy atom. The van der Waals surface area contributed by atoms with Gasteiger partial charge in [-0.2, -0.15) is 0 Å². The third kappa shape index (κ3) is 3.42. The molecule has 0 aliphatic heterocycles. The van der Waals surface area contributed by atoms with Crippen LogP contribution in [0.5, 0.6) is 0 Å². The van der Waals surface area contributed by atoms with Crippen molar-refractivity contribution < 1.29 is 5.11 Å². The summed E-state index contributed by atoms with van der Waals surface area (Å²) in [5.74, 6) is 6.05. The van der Waals surface area contributed by atoms with Crippen LogP contribution in [-0.2, 0) is 0 Å². The molecular formula is C27H46O. The molecule has 0 heterocycles. The molecule has 0 aromatic rings. The van der Waals surface area contributed by atoms with Crippen molar-refractivity contribution in [2.24, 2.45) is 52.3 Å². The monoisotopic (exact) mass is 386 g/mol. The zero-order valence-electron chi connectivity index (χ0n) is 19.3. The highest BCUT2D eigenvalue weighted by Crippen LogP contribution is 2.68. The Morgan fingerprint density at radius 3 is 2.36 bits per heavy atom. The molecule has 0 aromatic carbocycles. The van der Waals surface area contributed by atoms with Crippen LogP contribution in [0.2, 0.25) is 0 Å². The lowest BCUT2D eigenvalue weighted by atomic mass is 9.44. The lowest BCUT2D eigenvalue weighted by Crippen LogP contribution is -2.54. The number of allylic oxidation sites excluding steroid dienone is 2. The van der Waals surface area contributed by atoms with Crippen LogP contribution >= 0.6 is 0 Å². The highest BCUT2D eigenvalue weighted by molar-refractivity contribution is 5.11. The maximum Gasteiger partial charge on any atom is 0.0543 e. The Morgan fingerprint density at radius 2 is 1.61 bits per heavy atom. The largest absolute Gasteiger partial charge is 0.393 e. The molecule has 4 fully saturated rings. The van der Waals surface area contributed by atoms with E-state index >= 15 is 0 Å². The molecule has 0 saturated heterocycles. The second-order valence-corrected chi connectivity index (χ2v) is 12.2. The molecule has 0 bridgehead atoms. The molecule has 1 heteroatoms. The Kier molecular flexibility index (Phi) is 5.80. The molecule has 9 atom stereocenters. The molecular weight excluding hydrogens is 340 g/mol. The van der Waals surface area contributed by atoms with E-state index in [0.717, 1.165) is 54.3 Å². The maximum absolute atomic E-state index is 10.2. The summed E-state index contributed by atoms with van der Waals surface area (Å²) in [6.45, 7) is 12.4. The first-order valence-electron chi connectivity index (χ1n) is 12.6. The van der Waals surface area contributed by atoms with Crippen LogP contribution in [0.15, 0.2) is 12.2 Å². The first-order valence-corrected chi connectivity index (χ1v) is 12.6. The minimum atomic E-state index is -0.0159. The summed E-state index contributed by atoms with van der Waals surface area (Å²) in [4.78, 5) is 0. The minimum Gasteiger partial charge on any atom is -0.393 e. The first-order chi connectivity index (χ1) is 13.3. The molecule has 0 amide bonds. The Bertz CT molecular complexity index is 579. The average Bonchev–Trinajstić information content (AvgIpc) is 2.99. The van der Waals surface area contributed by atoms with Gasteiger partial charge in [0.1, 0.15) is 0 Å². The van der Waals surface area contributed by atoms with Gasteiger partial charge in [0.25, 0.3) is 0 Å². The fourth-order valence-electron chi connectivity index (χ4n) is 8.84. The predicted molar refractivity (Wildman–Crippen MR) is 119 cm³/mol. The van der Waals surface area contributed by atoms with E-state index in [1.807, 2.05) is 0 Å². The van der Waals surface area contributed by atoms with Gasteiger partial charge >= 0.3 is 0 Å². The van der Waals surface area contributed by atoms with Gasteiger partial charge in [-0.15, -0.1) is 0 Å². The third-order valence-electron chi connectivity index (χ3n) is 10.4.